The zero-order valence-electron chi connectivity index (χ0n) is 12.0. The van der Waals surface area contributed by atoms with Gasteiger partial charge < -0.3 is 13.9 Å². The van der Waals surface area contributed by atoms with Crippen molar-refractivity contribution in [3.8, 4) is 0 Å². The summed E-state index contributed by atoms with van der Waals surface area (Å²) in [6.07, 6.45) is 2.27. The SMILES string of the molecule is COC(=O)c1ccc(COC(=O)/C=C/c2c(F)cccc2Cl)o1. The van der Waals surface area contributed by atoms with Crippen LogP contribution in [-0.2, 0) is 20.9 Å². The molecule has 0 aliphatic carbocycles. The minimum atomic E-state index is -0.708. The van der Waals surface area contributed by atoms with E-state index in [0.717, 1.165) is 6.08 Å². The highest BCUT2D eigenvalue weighted by Crippen LogP contribution is 2.20. The predicted molar refractivity (Wildman–Crippen MR) is 80.3 cm³/mol. The Balaban J connectivity index is 1.94. The summed E-state index contributed by atoms with van der Waals surface area (Å²) >= 11 is 5.83. The van der Waals surface area contributed by atoms with E-state index in [9.17, 15) is 14.0 Å². The van der Waals surface area contributed by atoms with Crippen molar-refractivity contribution in [3.63, 3.8) is 0 Å². The third kappa shape index (κ3) is 4.43. The Kier molecular flexibility index (Phi) is 5.54. The molecular weight excluding hydrogens is 327 g/mol. The smallest absolute Gasteiger partial charge is 0.373 e. The molecule has 0 atom stereocenters. The molecule has 2 aromatic rings. The number of rotatable bonds is 5. The molecular formula is C16H12ClFO5. The first kappa shape index (κ1) is 16.8. The lowest BCUT2D eigenvalue weighted by Crippen LogP contribution is -2.01. The van der Waals surface area contributed by atoms with E-state index >= 15 is 0 Å². The van der Waals surface area contributed by atoms with E-state index in [1.165, 1.54) is 43.5 Å². The van der Waals surface area contributed by atoms with E-state index in [4.69, 9.17) is 20.8 Å². The molecule has 7 heteroatoms. The van der Waals surface area contributed by atoms with Crippen LogP contribution in [0.15, 0.2) is 40.8 Å². The fraction of sp³-hybridized carbons (Fsp3) is 0.125. The Bertz CT molecular complexity index is 730. The molecule has 0 N–H and O–H groups in total. The monoisotopic (exact) mass is 338 g/mol. The fourth-order valence-corrected chi connectivity index (χ4v) is 1.90. The molecule has 1 aromatic carbocycles. The highest BCUT2D eigenvalue weighted by molar-refractivity contribution is 6.32. The first-order valence-corrected chi connectivity index (χ1v) is 6.85. The number of hydrogen-bond donors (Lipinski definition) is 0. The van der Waals surface area contributed by atoms with Gasteiger partial charge in [0.15, 0.2) is 0 Å². The lowest BCUT2D eigenvalue weighted by molar-refractivity contribution is -0.139. The third-order valence-corrected chi connectivity index (χ3v) is 3.12. The number of hydrogen-bond acceptors (Lipinski definition) is 5. The summed E-state index contributed by atoms with van der Waals surface area (Å²) in [6, 6.07) is 7.09. The van der Waals surface area contributed by atoms with Gasteiger partial charge in [0.2, 0.25) is 5.76 Å². The molecule has 0 saturated heterocycles. The van der Waals surface area contributed by atoms with Crippen LogP contribution >= 0.6 is 11.6 Å². The van der Waals surface area contributed by atoms with E-state index in [1.54, 1.807) is 0 Å². The van der Waals surface area contributed by atoms with Crippen LogP contribution in [-0.4, -0.2) is 19.0 Å². The molecule has 120 valence electrons. The minimum absolute atomic E-state index is 0.00669. The van der Waals surface area contributed by atoms with Crippen molar-refractivity contribution in [2.75, 3.05) is 7.11 Å². The van der Waals surface area contributed by atoms with Gasteiger partial charge in [0.25, 0.3) is 0 Å². The highest BCUT2D eigenvalue weighted by Gasteiger charge is 2.12. The standard InChI is InChI=1S/C16H12ClFO5/c1-21-16(20)14-7-5-10(23-14)9-22-15(19)8-6-11-12(17)3-2-4-13(11)18/h2-8H,9H2,1H3/b8-6+. The summed E-state index contributed by atoms with van der Waals surface area (Å²) in [7, 11) is 1.23. The van der Waals surface area contributed by atoms with Crippen molar-refractivity contribution in [3.05, 3.63) is 64.3 Å². The molecule has 0 spiro atoms. The van der Waals surface area contributed by atoms with E-state index in [0.29, 0.717) is 0 Å². The number of furan rings is 1. The van der Waals surface area contributed by atoms with Gasteiger partial charge in [-0.3, -0.25) is 0 Å². The third-order valence-electron chi connectivity index (χ3n) is 2.79. The van der Waals surface area contributed by atoms with Crippen LogP contribution in [0.2, 0.25) is 5.02 Å². The van der Waals surface area contributed by atoms with E-state index in [1.807, 2.05) is 0 Å². The van der Waals surface area contributed by atoms with Gasteiger partial charge in [0.1, 0.15) is 18.2 Å². The van der Waals surface area contributed by atoms with Crippen LogP contribution < -0.4 is 0 Å². The summed E-state index contributed by atoms with van der Waals surface area (Å²) in [5.74, 6) is -1.60. The summed E-state index contributed by atoms with van der Waals surface area (Å²) in [5.41, 5.74) is 0.0945. The van der Waals surface area contributed by atoms with Crippen LogP contribution in [0.25, 0.3) is 6.08 Å². The van der Waals surface area contributed by atoms with Crippen molar-refractivity contribution in [2.45, 2.75) is 6.61 Å². The normalized spacial score (nSPS) is 10.7. The first-order chi connectivity index (χ1) is 11.0. The minimum Gasteiger partial charge on any atom is -0.463 e. The molecule has 1 aromatic heterocycles. The Morgan fingerprint density at radius 3 is 2.78 bits per heavy atom. The number of ether oxygens (including phenoxy) is 2. The second-order valence-electron chi connectivity index (χ2n) is 4.33. The summed E-state index contributed by atoms with van der Waals surface area (Å²) in [5, 5.41) is 0.183. The van der Waals surface area contributed by atoms with Crippen molar-refractivity contribution in [1.29, 1.82) is 0 Å². The van der Waals surface area contributed by atoms with Gasteiger partial charge in [-0.1, -0.05) is 17.7 Å². The van der Waals surface area contributed by atoms with Gasteiger partial charge in [-0.05, 0) is 30.3 Å². The molecule has 2 rings (SSSR count). The molecule has 0 radical (unpaired) electrons. The van der Waals surface area contributed by atoms with Gasteiger partial charge >= 0.3 is 11.9 Å². The summed E-state index contributed by atoms with van der Waals surface area (Å²) in [6.45, 7) is -0.175. The number of carbonyl (C=O) groups excluding carboxylic acids is 2. The molecule has 1 heterocycles. The quantitative estimate of drug-likeness (QED) is 0.615. The van der Waals surface area contributed by atoms with Crippen LogP contribution in [0.4, 0.5) is 4.39 Å². The molecule has 23 heavy (non-hydrogen) atoms. The molecule has 0 aliphatic rings. The fourth-order valence-electron chi connectivity index (χ4n) is 1.68. The molecule has 0 amide bonds. The van der Waals surface area contributed by atoms with Crippen LogP contribution in [0.5, 0.6) is 0 Å². The van der Waals surface area contributed by atoms with Gasteiger partial charge in [-0.25, -0.2) is 14.0 Å². The largest absolute Gasteiger partial charge is 0.463 e. The van der Waals surface area contributed by atoms with Crippen molar-refractivity contribution in [1.82, 2.24) is 0 Å². The maximum absolute atomic E-state index is 13.5. The predicted octanol–water partition coefficient (Wildman–Crippen LogP) is 3.62. The maximum atomic E-state index is 13.5. The molecule has 5 nitrogen and oxygen atoms in total. The highest BCUT2D eigenvalue weighted by atomic mass is 35.5. The van der Waals surface area contributed by atoms with Gasteiger partial charge in [0, 0.05) is 11.6 Å². The first-order valence-electron chi connectivity index (χ1n) is 6.47. The number of methoxy groups -OCH3 is 1. The average molecular weight is 339 g/mol. The zero-order valence-corrected chi connectivity index (χ0v) is 12.8. The van der Waals surface area contributed by atoms with Crippen molar-refractivity contribution in [2.24, 2.45) is 0 Å². The molecule has 0 saturated carbocycles. The molecule has 0 unspecified atom stereocenters. The topological polar surface area (TPSA) is 65.7 Å². The van der Waals surface area contributed by atoms with Gasteiger partial charge in [-0.2, -0.15) is 0 Å². The number of esters is 2. The number of carbonyl (C=O) groups is 2. The maximum Gasteiger partial charge on any atom is 0.373 e. The molecule has 0 fully saturated rings. The molecule has 0 aliphatic heterocycles. The Hall–Kier alpha value is -2.60. The lowest BCUT2D eigenvalue weighted by Gasteiger charge is -2.01. The van der Waals surface area contributed by atoms with E-state index < -0.39 is 17.8 Å². The Morgan fingerprint density at radius 2 is 2.09 bits per heavy atom. The summed E-state index contributed by atoms with van der Waals surface area (Å²) in [4.78, 5) is 22.8. The van der Waals surface area contributed by atoms with Gasteiger partial charge in [0.05, 0.1) is 12.1 Å². The number of benzene rings is 1. The average Bonchev–Trinajstić information content (AvgIpc) is 3.00. The number of halogens is 2. The Morgan fingerprint density at radius 1 is 1.30 bits per heavy atom. The van der Waals surface area contributed by atoms with Crippen molar-refractivity contribution >= 4 is 29.6 Å². The second kappa shape index (κ2) is 7.60. The summed E-state index contributed by atoms with van der Waals surface area (Å²) < 4.78 is 28.1. The lowest BCUT2D eigenvalue weighted by atomic mass is 10.2. The zero-order chi connectivity index (χ0) is 16.8. The van der Waals surface area contributed by atoms with E-state index in [-0.39, 0.29) is 28.7 Å². The molecule has 0 bridgehead atoms. The second-order valence-corrected chi connectivity index (χ2v) is 4.74. The van der Waals surface area contributed by atoms with E-state index in [2.05, 4.69) is 4.74 Å². The van der Waals surface area contributed by atoms with Crippen molar-refractivity contribution < 1.29 is 27.9 Å². The van der Waals surface area contributed by atoms with Crippen LogP contribution in [0.1, 0.15) is 21.9 Å². The van der Waals surface area contributed by atoms with Crippen LogP contribution in [0.3, 0.4) is 0 Å². The Labute approximate surface area is 136 Å². The van der Waals surface area contributed by atoms with Gasteiger partial charge in [-0.15, -0.1) is 0 Å². The van der Waals surface area contributed by atoms with Crippen LogP contribution in [0, 0.1) is 5.82 Å².